The molecule has 0 fully saturated rings. The molecule has 28 heavy (non-hydrogen) atoms. The van der Waals surface area contributed by atoms with E-state index in [0.29, 0.717) is 11.4 Å². The van der Waals surface area contributed by atoms with Crippen molar-refractivity contribution in [1.82, 2.24) is 0 Å². The molecule has 1 N–H and O–H groups in total. The predicted octanol–water partition coefficient (Wildman–Crippen LogP) is 2.78. The Morgan fingerprint density at radius 3 is 2.07 bits per heavy atom. The largest absolute Gasteiger partial charge is 0.479 e. The van der Waals surface area contributed by atoms with Crippen LogP contribution in [-0.4, -0.2) is 38.6 Å². The summed E-state index contributed by atoms with van der Waals surface area (Å²) in [5.74, 6) is -1.34. The highest BCUT2D eigenvalue weighted by Crippen LogP contribution is 2.16. The van der Waals surface area contributed by atoms with Crippen molar-refractivity contribution in [3.8, 4) is 5.75 Å². The van der Waals surface area contributed by atoms with E-state index >= 15 is 0 Å². The predicted molar refractivity (Wildman–Crippen MR) is 101 cm³/mol. The second-order valence-electron chi connectivity index (χ2n) is 6.11. The Balaban J connectivity index is 1.95. The number of halogens is 1. The third-order valence-electron chi connectivity index (χ3n) is 3.59. The van der Waals surface area contributed by atoms with Crippen LogP contribution in [0, 0.1) is 5.82 Å². The zero-order valence-electron chi connectivity index (χ0n) is 15.5. The van der Waals surface area contributed by atoms with Crippen LogP contribution in [-0.2, 0) is 19.6 Å². The number of nitrogens with one attached hydrogen (secondary N) is 1. The number of benzene rings is 2. The SMILES string of the molecule is C[C@H](OC(=O)[C@@H](C)Oc1ccc(F)cc1)C(=O)c1ccc(NS(C)(=O)=O)cc1. The van der Waals surface area contributed by atoms with Gasteiger partial charge in [0.05, 0.1) is 6.26 Å². The fourth-order valence-corrected chi connectivity index (χ4v) is 2.80. The molecule has 2 aromatic rings. The molecular formula is C19H20FNO6S. The van der Waals surface area contributed by atoms with Crippen LogP contribution >= 0.6 is 0 Å². The van der Waals surface area contributed by atoms with Crippen molar-refractivity contribution in [2.24, 2.45) is 0 Å². The number of esters is 1. The molecule has 0 aliphatic rings. The van der Waals surface area contributed by atoms with Gasteiger partial charge < -0.3 is 9.47 Å². The Labute approximate surface area is 162 Å². The second kappa shape index (κ2) is 8.83. The van der Waals surface area contributed by atoms with E-state index in [1.165, 1.54) is 62.4 Å². The van der Waals surface area contributed by atoms with Crippen molar-refractivity contribution >= 4 is 27.5 Å². The molecule has 0 aliphatic heterocycles. The number of rotatable bonds is 8. The summed E-state index contributed by atoms with van der Waals surface area (Å²) in [5, 5.41) is 0. The molecule has 2 atom stereocenters. The van der Waals surface area contributed by atoms with Gasteiger partial charge in [-0.25, -0.2) is 17.6 Å². The summed E-state index contributed by atoms with van der Waals surface area (Å²) in [5.41, 5.74) is 0.566. The topological polar surface area (TPSA) is 98.8 Å². The maximum atomic E-state index is 12.9. The maximum Gasteiger partial charge on any atom is 0.347 e. The number of hydrogen-bond donors (Lipinski definition) is 1. The number of anilines is 1. The first-order chi connectivity index (χ1) is 13.0. The Kier molecular flexibility index (Phi) is 6.74. The van der Waals surface area contributed by atoms with E-state index in [1.807, 2.05) is 0 Å². The first-order valence-electron chi connectivity index (χ1n) is 8.30. The fraction of sp³-hybridized carbons (Fsp3) is 0.263. The van der Waals surface area contributed by atoms with Crippen molar-refractivity contribution in [1.29, 1.82) is 0 Å². The van der Waals surface area contributed by atoms with Crippen LogP contribution in [0.1, 0.15) is 24.2 Å². The summed E-state index contributed by atoms with van der Waals surface area (Å²) >= 11 is 0. The number of carbonyl (C=O) groups excluding carboxylic acids is 2. The summed E-state index contributed by atoms with van der Waals surface area (Å²) in [7, 11) is -3.42. The standard InChI is InChI=1S/C19H20FNO6S/c1-12(18(22)14-4-8-16(9-5-14)21-28(3,24)25)27-19(23)13(2)26-17-10-6-15(20)7-11-17/h4-13,21H,1-3H3/t12-,13+/m0/s1. The number of sulfonamides is 1. The lowest BCUT2D eigenvalue weighted by molar-refractivity contribution is -0.153. The molecule has 0 bridgehead atoms. The number of carbonyl (C=O) groups is 2. The summed E-state index contributed by atoms with van der Waals surface area (Å²) in [6.07, 6.45) is -1.05. The molecule has 0 heterocycles. The molecule has 150 valence electrons. The Hall–Kier alpha value is -2.94. The summed E-state index contributed by atoms with van der Waals surface area (Å²) in [6, 6.07) is 10.9. The molecule has 0 saturated heterocycles. The number of ether oxygens (including phenoxy) is 2. The Morgan fingerprint density at radius 1 is 0.964 bits per heavy atom. The van der Waals surface area contributed by atoms with Crippen LogP contribution in [0.5, 0.6) is 5.75 Å². The average Bonchev–Trinajstić information content (AvgIpc) is 2.62. The van der Waals surface area contributed by atoms with E-state index in [4.69, 9.17) is 9.47 Å². The van der Waals surface area contributed by atoms with Gasteiger partial charge in [-0.1, -0.05) is 0 Å². The zero-order chi connectivity index (χ0) is 20.9. The van der Waals surface area contributed by atoms with E-state index in [1.54, 1.807) is 0 Å². The van der Waals surface area contributed by atoms with Crippen LogP contribution < -0.4 is 9.46 Å². The van der Waals surface area contributed by atoms with Gasteiger partial charge in [0.25, 0.3) is 0 Å². The second-order valence-corrected chi connectivity index (χ2v) is 7.86. The van der Waals surface area contributed by atoms with Gasteiger partial charge in [0, 0.05) is 11.3 Å². The highest BCUT2D eigenvalue weighted by molar-refractivity contribution is 7.92. The third kappa shape index (κ3) is 6.34. The van der Waals surface area contributed by atoms with E-state index in [-0.39, 0.29) is 5.56 Å². The first kappa shape index (κ1) is 21.4. The van der Waals surface area contributed by atoms with Gasteiger partial charge in [-0.2, -0.15) is 0 Å². The summed E-state index contributed by atoms with van der Waals surface area (Å²) in [4.78, 5) is 24.5. The summed E-state index contributed by atoms with van der Waals surface area (Å²) < 4.78 is 48.1. The molecule has 0 aliphatic carbocycles. The van der Waals surface area contributed by atoms with Crippen molar-refractivity contribution in [3.05, 3.63) is 59.9 Å². The van der Waals surface area contributed by atoms with Crippen LogP contribution in [0.15, 0.2) is 48.5 Å². The van der Waals surface area contributed by atoms with Gasteiger partial charge in [-0.05, 0) is 62.4 Å². The first-order valence-corrected chi connectivity index (χ1v) is 10.2. The summed E-state index contributed by atoms with van der Waals surface area (Å²) in [6.45, 7) is 2.88. The molecule has 0 amide bonds. The van der Waals surface area contributed by atoms with Gasteiger partial charge >= 0.3 is 5.97 Å². The van der Waals surface area contributed by atoms with E-state index < -0.39 is 39.8 Å². The van der Waals surface area contributed by atoms with Gasteiger partial charge in [-0.3, -0.25) is 9.52 Å². The van der Waals surface area contributed by atoms with E-state index in [2.05, 4.69) is 4.72 Å². The smallest absolute Gasteiger partial charge is 0.347 e. The van der Waals surface area contributed by atoms with E-state index in [0.717, 1.165) is 6.26 Å². The van der Waals surface area contributed by atoms with Crippen LogP contribution in [0.3, 0.4) is 0 Å². The fourth-order valence-electron chi connectivity index (χ4n) is 2.24. The average molecular weight is 409 g/mol. The molecule has 2 rings (SSSR count). The minimum absolute atomic E-state index is 0.256. The molecule has 7 nitrogen and oxygen atoms in total. The Morgan fingerprint density at radius 2 is 1.54 bits per heavy atom. The number of Topliss-reactive ketones (excluding diaryl/α,β-unsaturated/α-hetero) is 1. The van der Waals surface area contributed by atoms with Crippen molar-refractivity contribution in [2.45, 2.75) is 26.1 Å². The molecule has 0 aromatic heterocycles. The molecule has 0 saturated carbocycles. The lowest BCUT2D eigenvalue weighted by Gasteiger charge is -2.17. The quantitative estimate of drug-likeness (QED) is 0.532. The van der Waals surface area contributed by atoms with Crippen molar-refractivity contribution in [3.63, 3.8) is 0 Å². The minimum atomic E-state index is -3.42. The van der Waals surface area contributed by atoms with Gasteiger partial charge in [-0.15, -0.1) is 0 Å². The van der Waals surface area contributed by atoms with Crippen molar-refractivity contribution in [2.75, 3.05) is 11.0 Å². The highest BCUT2D eigenvalue weighted by atomic mass is 32.2. The third-order valence-corrected chi connectivity index (χ3v) is 4.20. The molecular weight excluding hydrogens is 389 g/mol. The lowest BCUT2D eigenvalue weighted by Crippen LogP contribution is -2.32. The zero-order valence-corrected chi connectivity index (χ0v) is 16.3. The Bertz CT molecular complexity index is 941. The van der Waals surface area contributed by atoms with Gasteiger partial charge in [0.1, 0.15) is 11.6 Å². The van der Waals surface area contributed by atoms with Gasteiger partial charge in [0.2, 0.25) is 15.8 Å². The van der Waals surface area contributed by atoms with Crippen LogP contribution in [0.25, 0.3) is 0 Å². The molecule has 2 aromatic carbocycles. The molecule has 0 unspecified atom stereocenters. The number of ketones is 1. The molecule has 9 heteroatoms. The lowest BCUT2D eigenvalue weighted by atomic mass is 10.1. The molecule has 0 spiro atoms. The van der Waals surface area contributed by atoms with Crippen LogP contribution in [0.2, 0.25) is 0 Å². The van der Waals surface area contributed by atoms with Crippen LogP contribution in [0.4, 0.5) is 10.1 Å². The minimum Gasteiger partial charge on any atom is -0.479 e. The highest BCUT2D eigenvalue weighted by Gasteiger charge is 2.24. The van der Waals surface area contributed by atoms with Crippen molar-refractivity contribution < 1.29 is 31.9 Å². The monoisotopic (exact) mass is 409 g/mol. The van der Waals surface area contributed by atoms with Gasteiger partial charge in [0.15, 0.2) is 12.2 Å². The molecule has 0 radical (unpaired) electrons. The van der Waals surface area contributed by atoms with E-state index in [9.17, 15) is 22.4 Å². The normalized spacial score (nSPS) is 13.3. The number of hydrogen-bond acceptors (Lipinski definition) is 6. The maximum absolute atomic E-state index is 12.9.